The van der Waals surface area contributed by atoms with E-state index in [1.165, 1.54) is 5.56 Å². The topological polar surface area (TPSA) is 53.4 Å². The molecule has 0 saturated heterocycles. The number of para-hydroxylation sites is 1. The molecule has 1 atom stereocenters. The van der Waals surface area contributed by atoms with Gasteiger partial charge in [-0.05, 0) is 19.1 Å². The number of hydrogen-bond donors (Lipinski definition) is 1. The average molecular weight is 344 g/mol. The Bertz CT molecular complexity index is 993. The van der Waals surface area contributed by atoms with E-state index in [0.29, 0.717) is 12.1 Å². The predicted molar refractivity (Wildman–Crippen MR) is 103 cm³/mol. The Balaban J connectivity index is 1.85. The van der Waals surface area contributed by atoms with Crippen molar-refractivity contribution >= 4 is 16.8 Å². The number of rotatable bonds is 3. The second-order valence-corrected chi connectivity index (χ2v) is 6.57. The third kappa shape index (κ3) is 2.89. The highest BCUT2D eigenvalue weighted by molar-refractivity contribution is 6.07. The van der Waals surface area contributed by atoms with Crippen LogP contribution in [0.1, 0.15) is 15.9 Å². The predicted octanol–water partition coefficient (Wildman–Crippen LogP) is 3.58. The second kappa shape index (κ2) is 6.73. The van der Waals surface area contributed by atoms with Gasteiger partial charge in [0.2, 0.25) is 0 Å². The van der Waals surface area contributed by atoms with Gasteiger partial charge in [0.15, 0.2) is 0 Å². The number of carbonyl (C=O) groups excluding carboxylic acids is 1. The van der Waals surface area contributed by atoms with Gasteiger partial charge >= 0.3 is 0 Å². The summed E-state index contributed by atoms with van der Waals surface area (Å²) in [4.78, 5) is 19.7. The number of amides is 1. The number of aliphatic hydroxyl groups excluding tert-OH is 1. The summed E-state index contributed by atoms with van der Waals surface area (Å²) < 4.78 is 0. The minimum Gasteiger partial charge on any atom is -0.394 e. The summed E-state index contributed by atoms with van der Waals surface area (Å²) in [5.41, 5.74) is 4.35. The maximum atomic E-state index is 13.2. The van der Waals surface area contributed by atoms with Crippen molar-refractivity contribution in [3.8, 4) is 11.3 Å². The molecule has 0 fully saturated rings. The molecule has 1 aliphatic heterocycles. The quantitative estimate of drug-likeness (QED) is 0.739. The van der Waals surface area contributed by atoms with E-state index in [4.69, 9.17) is 4.98 Å². The number of fused-ring (bicyclic) bond motifs is 1. The molecule has 0 aliphatic carbocycles. The van der Waals surface area contributed by atoms with E-state index < -0.39 is 0 Å². The van der Waals surface area contributed by atoms with E-state index in [0.717, 1.165) is 22.2 Å². The minimum atomic E-state index is -0.266. The zero-order chi connectivity index (χ0) is 18.1. The Labute approximate surface area is 152 Å². The minimum absolute atomic E-state index is 0.0733. The monoisotopic (exact) mass is 344 g/mol. The number of nitrogens with zero attached hydrogens (tertiary/aromatic N) is 2. The molecule has 4 rings (SSSR count). The van der Waals surface area contributed by atoms with Gasteiger partial charge in [0.05, 0.1) is 29.4 Å². The molecule has 1 amide bonds. The van der Waals surface area contributed by atoms with Crippen molar-refractivity contribution in [2.45, 2.75) is 13.0 Å². The zero-order valence-electron chi connectivity index (χ0n) is 14.6. The van der Waals surface area contributed by atoms with Crippen LogP contribution in [0.25, 0.3) is 22.2 Å². The Kier molecular flexibility index (Phi) is 4.27. The lowest BCUT2D eigenvalue weighted by Crippen LogP contribution is -2.38. The molecule has 1 aliphatic rings. The van der Waals surface area contributed by atoms with Crippen molar-refractivity contribution in [1.82, 2.24) is 9.88 Å². The van der Waals surface area contributed by atoms with Gasteiger partial charge in [-0.3, -0.25) is 4.79 Å². The molecular formula is C22H20N2O2. The first-order valence-corrected chi connectivity index (χ1v) is 8.72. The molecule has 1 aromatic heterocycles. The van der Waals surface area contributed by atoms with Crippen molar-refractivity contribution in [3.63, 3.8) is 0 Å². The van der Waals surface area contributed by atoms with Gasteiger partial charge in [0, 0.05) is 17.5 Å². The molecular weight excluding hydrogens is 324 g/mol. The van der Waals surface area contributed by atoms with Crippen LogP contribution in [-0.4, -0.2) is 40.1 Å². The highest BCUT2D eigenvalue weighted by Crippen LogP contribution is 2.27. The smallest absolute Gasteiger partial charge is 0.255 e. The Morgan fingerprint density at radius 2 is 1.96 bits per heavy atom. The van der Waals surface area contributed by atoms with Gasteiger partial charge in [0.25, 0.3) is 5.91 Å². The highest BCUT2D eigenvalue weighted by atomic mass is 16.3. The van der Waals surface area contributed by atoms with Crippen LogP contribution in [0.15, 0.2) is 66.7 Å². The SMILES string of the molecule is Cc1ccc(-c2cc(C(=O)N3CC=C[C@H]3CO)c3ccccc3n2)cc1. The summed E-state index contributed by atoms with van der Waals surface area (Å²) in [5, 5.41) is 10.4. The molecule has 4 nitrogen and oxygen atoms in total. The van der Waals surface area contributed by atoms with Gasteiger partial charge in [-0.1, -0.05) is 60.2 Å². The zero-order valence-corrected chi connectivity index (χ0v) is 14.6. The molecule has 3 aromatic rings. The first-order chi connectivity index (χ1) is 12.7. The van der Waals surface area contributed by atoms with E-state index in [1.807, 2.05) is 73.7 Å². The van der Waals surface area contributed by atoms with Crippen molar-refractivity contribution < 1.29 is 9.90 Å². The van der Waals surface area contributed by atoms with Crippen molar-refractivity contribution in [3.05, 3.63) is 77.9 Å². The molecule has 0 bridgehead atoms. The van der Waals surface area contributed by atoms with E-state index in [9.17, 15) is 9.90 Å². The summed E-state index contributed by atoms with van der Waals surface area (Å²) in [7, 11) is 0. The number of pyridine rings is 1. The normalized spacial score (nSPS) is 16.4. The van der Waals surface area contributed by atoms with Gasteiger partial charge in [-0.25, -0.2) is 4.98 Å². The van der Waals surface area contributed by atoms with Crippen molar-refractivity contribution in [2.75, 3.05) is 13.2 Å². The number of aromatic nitrogens is 1. The van der Waals surface area contributed by atoms with Crippen LogP contribution in [0.2, 0.25) is 0 Å². The van der Waals surface area contributed by atoms with Crippen LogP contribution in [0, 0.1) is 6.92 Å². The molecule has 0 saturated carbocycles. The summed E-state index contributed by atoms with van der Waals surface area (Å²) in [5.74, 6) is -0.0824. The Morgan fingerprint density at radius 1 is 1.19 bits per heavy atom. The molecule has 26 heavy (non-hydrogen) atoms. The third-order valence-corrected chi connectivity index (χ3v) is 4.80. The number of carbonyl (C=O) groups is 1. The van der Waals surface area contributed by atoms with Crippen LogP contribution in [0.3, 0.4) is 0 Å². The molecule has 0 spiro atoms. The van der Waals surface area contributed by atoms with Gasteiger partial charge in [-0.15, -0.1) is 0 Å². The fraction of sp³-hybridized carbons (Fsp3) is 0.182. The van der Waals surface area contributed by atoms with Gasteiger partial charge in [0.1, 0.15) is 0 Å². The lowest BCUT2D eigenvalue weighted by atomic mass is 10.0. The van der Waals surface area contributed by atoms with Crippen LogP contribution in [0.5, 0.6) is 0 Å². The lowest BCUT2D eigenvalue weighted by molar-refractivity contribution is 0.0702. The molecule has 2 aromatic carbocycles. The number of aliphatic hydroxyl groups is 1. The van der Waals surface area contributed by atoms with E-state index in [-0.39, 0.29) is 18.6 Å². The number of hydrogen-bond acceptors (Lipinski definition) is 3. The molecule has 1 N–H and O–H groups in total. The standard InChI is InChI=1S/C22H20N2O2/c1-15-8-10-16(11-9-15)21-13-19(18-6-2-3-7-20(18)23-21)22(26)24-12-4-5-17(24)14-25/h2-11,13,17,25H,12,14H2,1H3/t17-/m0/s1. The summed E-state index contributed by atoms with van der Waals surface area (Å²) in [6, 6.07) is 17.4. The molecule has 130 valence electrons. The lowest BCUT2D eigenvalue weighted by Gasteiger charge is -2.24. The van der Waals surface area contributed by atoms with E-state index in [2.05, 4.69) is 0 Å². The fourth-order valence-electron chi connectivity index (χ4n) is 3.34. The van der Waals surface area contributed by atoms with Crippen molar-refractivity contribution in [2.24, 2.45) is 0 Å². The van der Waals surface area contributed by atoms with Crippen LogP contribution < -0.4 is 0 Å². The number of aryl methyl sites for hydroxylation is 1. The first-order valence-electron chi connectivity index (χ1n) is 8.72. The second-order valence-electron chi connectivity index (χ2n) is 6.57. The molecule has 0 radical (unpaired) electrons. The molecule has 4 heteroatoms. The van der Waals surface area contributed by atoms with Gasteiger partial charge in [-0.2, -0.15) is 0 Å². The van der Waals surface area contributed by atoms with Crippen LogP contribution in [0.4, 0.5) is 0 Å². The van der Waals surface area contributed by atoms with Crippen LogP contribution >= 0.6 is 0 Å². The van der Waals surface area contributed by atoms with Crippen molar-refractivity contribution in [1.29, 1.82) is 0 Å². The van der Waals surface area contributed by atoms with E-state index >= 15 is 0 Å². The molecule has 2 heterocycles. The largest absolute Gasteiger partial charge is 0.394 e. The first kappa shape index (κ1) is 16.5. The average Bonchev–Trinajstić information content (AvgIpc) is 3.16. The maximum Gasteiger partial charge on any atom is 0.255 e. The maximum absolute atomic E-state index is 13.2. The van der Waals surface area contributed by atoms with Gasteiger partial charge < -0.3 is 10.0 Å². The Hall–Kier alpha value is -2.98. The highest BCUT2D eigenvalue weighted by Gasteiger charge is 2.26. The summed E-state index contributed by atoms with van der Waals surface area (Å²) in [6.07, 6.45) is 3.80. The third-order valence-electron chi connectivity index (χ3n) is 4.80. The fourth-order valence-corrected chi connectivity index (χ4v) is 3.34. The number of benzene rings is 2. The Morgan fingerprint density at radius 3 is 2.73 bits per heavy atom. The summed E-state index contributed by atoms with van der Waals surface area (Å²) >= 11 is 0. The summed E-state index contributed by atoms with van der Waals surface area (Å²) in [6.45, 7) is 2.48. The molecule has 0 unspecified atom stereocenters. The van der Waals surface area contributed by atoms with E-state index in [1.54, 1.807) is 4.90 Å². The van der Waals surface area contributed by atoms with Crippen LogP contribution in [-0.2, 0) is 0 Å².